The molecule has 0 radical (unpaired) electrons. The Morgan fingerprint density at radius 2 is 2.23 bits per heavy atom. The monoisotopic (exact) mass is 205 g/mol. The van der Waals surface area contributed by atoms with Crippen LogP contribution in [0.2, 0.25) is 0 Å². The first kappa shape index (κ1) is 12.8. The molecule has 0 amide bonds. The Kier molecular flexibility index (Phi) is 7.09. The Morgan fingerprint density at radius 1 is 1.62 bits per heavy atom. The first-order chi connectivity index (χ1) is 6.06. The van der Waals surface area contributed by atoms with Gasteiger partial charge in [0.15, 0.2) is 0 Å². The molecule has 0 aromatic heterocycles. The van der Waals surface area contributed by atoms with E-state index in [0.717, 1.165) is 19.3 Å². The lowest BCUT2D eigenvalue weighted by atomic mass is 10.1. The maximum absolute atomic E-state index is 10.3. The zero-order valence-corrected chi connectivity index (χ0v) is 8.96. The van der Waals surface area contributed by atoms with E-state index in [1.807, 2.05) is 0 Å². The van der Waals surface area contributed by atoms with Crippen molar-refractivity contribution in [3.8, 4) is 0 Å². The lowest BCUT2D eigenvalue weighted by Gasteiger charge is -2.14. The number of rotatable bonds is 7. The fraction of sp³-hybridized carbons (Fsp3) is 0.889. The second kappa shape index (κ2) is 7.21. The van der Waals surface area contributed by atoms with Gasteiger partial charge in [0.1, 0.15) is 0 Å². The lowest BCUT2D eigenvalue weighted by Crippen LogP contribution is -2.27. The summed E-state index contributed by atoms with van der Waals surface area (Å²) < 4.78 is 0. The summed E-state index contributed by atoms with van der Waals surface area (Å²) in [6.45, 7) is 2.12. The molecule has 0 bridgehead atoms. The molecule has 2 atom stereocenters. The minimum Gasteiger partial charge on any atom is -0.481 e. The molecule has 0 rings (SSSR count). The maximum atomic E-state index is 10.3. The highest BCUT2D eigenvalue weighted by Crippen LogP contribution is 2.13. The van der Waals surface area contributed by atoms with Gasteiger partial charge in [0.25, 0.3) is 0 Å². The summed E-state index contributed by atoms with van der Waals surface area (Å²) in [5, 5.41) is 8.71. The highest BCUT2D eigenvalue weighted by atomic mass is 32.1. The van der Waals surface area contributed by atoms with Gasteiger partial charge in [0.05, 0.1) is 6.42 Å². The van der Waals surface area contributed by atoms with E-state index < -0.39 is 5.97 Å². The standard InChI is InChI=1S/C9H19NO2S/c1-2-3-4-8(13)5-7(10)6-9(11)12/h7-8,13H,2-6,10H2,1H3,(H,11,12)/t7-,8-/m1/s1. The van der Waals surface area contributed by atoms with Crippen molar-refractivity contribution in [2.45, 2.75) is 50.3 Å². The van der Waals surface area contributed by atoms with Gasteiger partial charge >= 0.3 is 5.97 Å². The van der Waals surface area contributed by atoms with Gasteiger partial charge in [-0.05, 0) is 12.8 Å². The molecule has 0 aliphatic carbocycles. The number of carbonyl (C=O) groups is 1. The van der Waals surface area contributed by atoms with Crippen LogP contribution in [-0.2, 0) is 4.79 Å². The molecule has 0 aliphatic heterocycles. The van der Waals surface area contributed by atoms with E-state index in [1.165, 1.54) is 0 Å². The van der Waals surface area contributed by atoms with E-state index in [-0.39, 0.29) is 17.7 Å². The highest BCUT2D eigenvalue weighted by Gasteiger charge is 2.12. The summed E-state index contributed by atoms with van der Waals surface area (Å²) in [4.78, 5) is 10.3. The van der Waals surface area contributed by atoms with Gasteiger partial charge in [-0.3, -0.25) is 4.79 Å². The zero-order chi connectivity index (χ0) is 10.3. The van der Waals surface area contributed by atoms with Crippen LogP contribution in [0.1, 0.15) is 39.0 Å². The summed E-state index contributed by atoms with van der Waals surface area (Å²) in [5.41, 5.74) is 5.62. The van der Waals surface area contributed by atoms with Crippen LogP contribution >= 0.6 is 12.6 Å². The van der Waals surface area contributed by atoms with Gasteiger partial charge in [-0.1, -0.05) is 19.8 Å². The second-order valence-electron chi connectivity index (χ2n) is 3.39. The SMILES string of the molecule is CCCC[C@@H](S)C[C@@H](N)CC(=O)O. The summed E-state index contributed by atoms with van der Waals surface area (Å²) in [6.07, 6.45) is 4.03. The van der Waals surface area contributed by atoms with Crippen molar-refractivity contribution in [3.63, 3.8) is 0 Å². The average Bonchev–Trinajstić information content (AvgIpc) is 1.98. The predicted molar refractivity (Wildman–Crippen MR) is 57.1 cm³/mol. The number of hydrogen-bond donors (Lipinski definition) is 3. The van der Waals surface area contributed by atoms with Crippen LogP contribution < -0.4 is 5.73 Å². The van der Waals surface area contributed by atoms with Crippen LogP contribution in [0.15, 0.2) is 0 Å². The number of unbranched alkanes of at least 4 members (excludes halogenated alkanes) is 1. The number of carboxylic acid groups (broad SMARTS) is 1. The molecule has 0 heterocycles. The van der Waals surface area contributed by atoms with E-state index in [0.29, 0.717) is 6.42 Å². The summed E-state index contributed by atoms with van der Waals surface area (Å²) in [6, 6.07) is -0.253. The molecule has 0 unspecified atom stereocenters. The van der Waals surface area contributed by atoms with Gasteiger partial charge in [-0.2, -0.15) is 12.6 Å². The normalized spacial score (nSPS) is 15.3. The van der Waals surface area contributed by atoms with E-state index in [1.54, 1.807) is 0 Å². The van der Waals surface area contributed by atoms with Crippen LogP contribution in [0.4, 0.5) is 0 Å². The average molecular weight is 205 g/mol. The van der Waals surface area contributed by atoms with Gasteiger partial charge in [-0.15, -0.1) is 0 Å². The zero-order valence-electron chi connectivity index (χ0n) is 8.07. The van der Waals surface area contributed by atoms with Gasteiger partial charge in [0.2, 0.25) is 0 Å². The molecule has 4 heteroatoms. The minimum absolute atomic E-state index is 0.0448. The topological polar surface area (TPSA) is 63.3 Å². The van der Waals surface area contributed by atoms with Crippen molar-refractivity contribution in [1.82, 2.24) is 0 Å². The summed E-state index contributed by atoms with van der Waals surface area (Å²) in [7, 11) is 0. The Labute approximate surface area is 85.1 Å². The van der Waals surface area contributed by atoms with Crippen LogP contribution in [-0.4, -0.2) is 22.4 Å². The maximum Gasteiger partial charge on any atom is 0.304 e. The van der Waals surface area contributed by atoms with Crippen molar-refractivity contribution in [3.05, 3.63) is 0 Å². The van der Waals surface area contributed by atoms with Crippen molar-refractivity contribution < 1.29 is 9.90 Å². The first-order valence-corrected chi connectivity index (χ1v) is 5.23. The Bertz CT molecular complexity index is 153. The Morgan fingerprint density at radius 3 is 2.69 bits per heavy atom. The second-order valence-corrected chi connectivity index (χ2v) is 4.12. The fourth-order valence-corrected chi connectivity index (χ4v) is 1.67. The third-order valence-corrected chi connectivity index (χ3v) is 2.37. The van der Waals surface area contributed by atoms with Crippen LogP contribution in [0, 0.1) is 0 Å². The summed E-state index contributed by atoms with van der Waals surface area (Å²) >= 11 is 4.35. The van der Waals surface area contributed by atoms with Crippen molar-refractivity contribution >= 4 is 18.6 Å². The van der Waals surface area contributed by atoms with Crippen molar-refractivity contribution in [2.24, 2.45) is 5.73 Å². The van der Waals surface area contributed by atoms with Gasteiger partial charge in [0, 0.05) is 11.3 Å². The number of carboxylic acids is 1. The quantitative estimate of drug-likeness (QED) is 0.554. The molecule has 0 saturated carbocycles. The van der Waals surface area contributed by atoms with E-state index in [4.69, 9.17) is 10.8 Å². The molecule has 0 spiro atoms. The Hall–Kier alpha value is -0.220. The van der Waals surface area contributed by atoms with E-state index in [9.17, 15) is 4.79 Å². The largest absolute Gasteiger partial charge is 0.481 e. The lowest BCUT2D eigenvalue weighted by molar-refractivity contribution is -0.137. The predicted octanol–water partition coefficient (Wildman–Crippen LogP) is 1.67. The molecule has 13 heavy (non-hydrogen) atoms. The minimum atomic E-state index is -0.830. The first-order valence-electron chi connectivity index (χ1n) is 4.71. The van der Waals surface area contributed by atoms with Crippen LogP contribution in [0.3, 0.4) is 0 Å². The van der Waals surface area contributed by atoms with Crippen molar-refractivity contribution in [2.75, 3.05) is 0 Å². The molecule has 0 aromatic rings. The molecule has 0 aliphatic rings. The fourth-order valence-electron chi connectivity index (χ4n) is 1.21. The molecule has 0 fully saturated rings. The number of thiol groups is 1. The Balaban J connectivity index is 3.52. The third kappa shape index (κ3) is 8.12. The smallest absolute Gasteiger partial charge is 0.304 e. The molecule has 3 N–H and O–H groups in total. The molecule has 78 valence electrons. The molecular formula is C9H19NO2S. The van der Waals surface area contributed by atoms with Crippen LogP contribution in [0.5, 0.6) is 0 Å². The summed E-state index contributed by atoms with van der Waals surface area (Å²) in [5.74, 6) is -0.830. The third-order valence-electron chi connectivity index (χ3n) is 1.90. The van der Waals surface area contributed by atoms with E-state index >= 15 is 0 Å². The molecular weight excluding hydrogens is 186 g/mol. The molecule has 0 aromatic carbocycles. The molecule has 0 saturated heterocycles. The van der Waals surface area contributed by atoms with Crippen molar-refractivity contribution in [1.29, 1.82) is 0 Å². The highest BCUT2D eigenvalue weighted by molar-refractivity contribution is 7.80. The van der Waals surface area contributed by atoms with Gasteiger partial charge < -0.3 is 10.8 Å². The van der Waals surface area contributed by atoms with Crippen LogP contribution in [0.25, 0.3) is 0 Å². The number of aliphatic carboxylic acids is 1. The van der Waals surface area contributed by atoms with E-state index in [2.05, 4.69) is 19.6 Å². The number of nitrogens with two attached hydrogens (primary N) is 1. The number of hydrogen-bond acceptors (Lipinski definition) is 3. The molecule has 3 nitrogen and oxygen atoms in total. The van der Waals surface area contributed by atoms with Gasteiger partial charge in [-0.25, -0.2) is 0 Å².